The van der Waals surface area contributed by atoms with Crippen molar-refractivity contribution >= 4 is 11.7 Å². The monoisotopic (exact) mass is 411 g/mol. The fraction of sp³-hybridized carbons (Fsp3) is 0.130. The Labute approximate surface area is 170 Å². The summed E-state index contributed by atoms with van der Waals surface area (Å²) in [6.45, 7) is -0.406. The average molecular weight is 411 g/mol. The van der Waals surface area contributed by atoms with Crippen molar-refractivity contribution in [2.45, 2.75) is 12.3 Å². The number of aliphatic hydroxyl groups excluding tert-OH is 1. The minimum Gasteiger partial charge on any atom is -0.387 e. The van der Waals surface area contributed by atoms with Crippen molar-refractivity contribution in [2.24, 2.45) is 0 Å². The number of aliphatic hydroxyl groups is 1. The van der Waals surface area contributed by atoms with Crippen LogP contribution in [-0.2, 0) is 6.18 Å². The molecule has 4 rings (SSSR count). The standard InChI is InChI=1S/C23H16F3NO3/c24-23(25,26)19-8-4-3-7-17(19)20(28)12-27-22(30)13-9-10-15-14-5-1-2-6-16(14)21(29)18(15)11-13/h1-11,20,28H,12H2,(H,27,30). The summed E-state index contributed by atoms with van der Waals surface area (Å²) in [5.41, 5.74) is 1.40. The highest BCUT2D eigenvalue weighted by molar-refractivity contribution is 6.22. The average Bonchev–Trinajstić information content (AvgIpc) is 3.03. The summed E-state index contributed by atoms with van der Waals surface area (Å²) in [7, 11) is 0. The van der Waals surface area contributed by atoms with Crippen LogP contribution in [0.25, 0.3) is 11.1 Å². The van der Waals surface area contributed by atoms with Gasteiger partial charge in [-0.2, -0.15) is 13.2 Å². The molecule has 1 amide bonds. The molecule has 0 saturated carbocycles. The SMILES string of the molecule is O=C(NCC(O)c1ccccc1C(F)(F)F)c1ccc2c(c1)C(=O)c1ccccc1-2. The summed E-state index contributed by atoms with van der Waals surface area (Å²) in [6.07, 6.45) is -6.15. The van der Waals surface area contributed by atoms with Crippen molar-refractivity contribution in [1.29, 1.82) is 0 Å². The van der Waals surface area contributed by atoms with Crippen molar-refractivity contribution in [2.75, 3.05) is 6.54 Å². The van der Waals surface area contributed by atoms with Crippen LogP contribution in [0.1, 0.15) is 43.5 Å². The van der Waals surface area contributed by atoms with Crippen LogP contribution >= 0.6 is 0 Å². The van der Waals surface area contributed by atoms with Crippen LogP contribution in [0.2, 0.25) is 0 Å². The number of carbonyl (C=O) groups is 2. The fourth-order valence-electron chi connectivity index (χ4n) is 3.62. The number of amides is 1. The third-order valence-corrected chi connectivity index (χ3v) is 5.07. The number of fused-ring (bicyclic) bond motifs is 3. The topological polar surface area (TPSA) is 66.4 Å². The molecule has 1 aliphatic rings. The molecule has 0 aliphatic heterocycles. The quantitative estimate of drug-likeness (QED) is 0.524. The van der Waals surface area contributed by atoms with E-state index in [0.717, 1.165) is 17.2 Å². The number of halogens is 3. The predicted octanol–water partition coefficient (Wildman–Crippen LogP) is 4.38. The molecule has 3 aromatic carbocycles. The van der Waals surface area contributed by atoms with E-state index in [2.05, 4.69) is 5.32 Å². The molecule has 1 aliphatic carbocycles. The zero-order valence-corrected chi connectivity index (χ0v) is 15.5. The molecule has 0 heterocycles. The lowest BCUT2D eigenvalue weighted by Crippen LogP contribution is -2.29. The second-order valence-electron chi connectivity index (χ2n) is 6.95. The van der Waals surface area contributed by atoms with Gasteiger partial charge in [-0.05, 0) is 34.9 Å². The Bertz CT molecular complexity index is 1150. The number of ketones is 1. The number of nitrogens with one attached hydrogen (secondary N) is 1. The van der Waals surface area contributed by atoms with Crippen molar-refractivity contribution in [3.05, 3.63) is 94.5 Å². The first kappa shape index (κ1) is 19.8. The van der Waals surface area contributed by atoms with E-state index in [4.69, 9.17) is 0 Å². The number of hydrogen-bond acceptors (Lipinski definition) is 3. The van der Waals surface area contributed by atoms with Crippen LogP contribution < -0.4 is 5.32 Å². The van der Waals surface area contributed by atoms with E-state index in [1.54, 1.807) is 24.3 Å². The highest BCUT2D eigenvalue weighted by Gasteiger charge is 2.34. The maximum Gasteiger partial charge on any atom is 0.416 e. The van der Waals surface area contributed by atoms with Crippen molar-refractivity contribution in [3.63, 3.8) is 0 Å². The molecule has 1 atom stereocenters. The molecular weight excluding hydrogens is 395 g/mol. The second kappa shape index (κ2) is 7.42. The van der Waals surface area contributed by atoms with Crippen LogP contribution in [-0.4, -0.2) is 23.3 Å². The second-order valence-corrected chi connectivity index (χ2v) is 6.95. The Morgan fingerprint density at radius 2 is 1.53 bits per heavy atom. The molecule has 152 valence electrons. The Hall–Kier alpha value is -3.45. The minimum absolute atomic E-state index is 0.186. The molecule has 0 saturated heterocycles. The van der Waals surface area contributed by atoms with Gasteiger partial charge in [-0.3, -0.25) is 9.59 Å². The number of rotatable bonds is 4. The molecule has 0 spiro atoms. The fourth-order valence-corrected chi connectivity index (χ4v) is 3.62. The zero-order chi connectivity index (χ0) is 21.5. The Morgan fingerprint density at radius 3 is 2.27 bits per heavy atom. The first-order valence-corrected chi connectivity index (χ1v) is 9.18. The van der Waals surface area contributed by atoms with Gasteiger partial charge >= 0.3 is 6.18 Å². The van der Waals surface area contributed by atoms with E-state index in [-0.39, 0.29) is 16.9 Å². The Balaban J connectivity index is 1.51. The van der Waals surface area contributed by atoms with Crippen LogP contribution in [0.3, 0.4) is 0 Å². The molecular formula is C23H16F3NO3. The zero-order valence-electron chi connectivity index (χ0n) is 15.5. The summed E-state index contributed by atoms with van der Waals surface area (Å²) in [5.74, 6) is -0.778. The number of benzene rings is 3. The van der Waals surface area contributed by atoms with Crippen molar-refractivity contribution in [3.8, 4) is 11.1 Å². The van der Waals surface area contributed by atoms with Gasteiger partial charge in [0.1, 0.15) is 0 Å². The van der Waals surface area contributed by atoms with E-state index in [0.29, 0.717) is 11.1 Å². The maximum atomic E-state index is 13.1. The van der Waals surface area contributed by atoms with Gasteiger partial charge in [-0.15, -0.1) is 0 Å². The molecule has 1 unspecified atom stereocenters. The normalized spacial score (nSPS) is 13.5. The molecule has 30 heavy (non-hydrogen) atoms. The van der Waals surface area contributed by atoms with Crippen LogP contribution in [0.4, 0.5) is 13.2 Å². The lowest BCUT2D eigenvalue weighted by atomic mass is 10.0. The predicted molar refractivity (Wildman–Crippen MR) is 104 cm³/mol. The molecule has 7 heteroatoms. The lowest BCUT2D eigenvalue weighted by Gasteiger charge is -2.18. The highest BCUT2D eigenvalue weighted by atomic mass is 19.4. The molecule has 0 fully saturated rings. The molecule has 2 N–H and O–H groups in total. The van der Waals surface area contributed by atoms with Gasteiger partial charge < -0.3 is 10.4 Å². The molecule has 0 bridgehead atoms. The van der Waals surface area contributed by atoms with Crippen molar-refractivity contribution < 1.29 is 27.9 Å². The number of hydrogen-bond donors (Lipinski definition) is 2. The van der Waals surface area contributed by atoms with Gasteiger partial charge in [-0.1, -0.05) is 48.5 Å². The summed E-state index contributed by atoms with van der Waals surface area (Å²) in [6, 6.07) is 16.5. The summed E-state index contributed by atoms with van der Waals surface area (Å²) >= 11 is 0. The van der Waals surface area contributed by atoms with E-state index in [1.807, 2.05) is 12.1 Å². The molecule has 0 radical (unpaired) electrons. The van der Waals surface area contributed by atoms with Gasteiger partial charge in [-0.25, -0.2) is 0 Å². The van der Waals surface area contributed by atoms with E-state index < -0.39 is 30.3 Å². The molecule has 0 aromatic heterocycles. The van der Waals surface area contributed by atoms with E-state index >= 15 is 0 Å². The summed E-state index contributed by atoms with van der Waals surface area (Å²) < 4.78 is 39.4. The lowest BCUT2D eigenvalue weighted by molar-refractivity contribution is -0.139. The molecule has 3 aromatic rings. The van der Waals surface area contributed by atoms with E-state index in [1.165, 1.54) is 24.3 Å². The summed E-state index contributed by atoms with van der Waals surface area (Å²) in [5, 5.41) is 12.6. The third-order valence-electron chi connectivity index (χ3n) is 5.07. The van der Waals surface area contributed by atoms with Crippen LogP contribution in [0.5, 0.6) is 0 Å². The van der Waals surface area contributed by atoms with Gasteiger partial charge in [0, 0.05) is 23.2 Å². The molecule has 4 nitrogen and oxygen atoms in total. The first-order chi connectivity index (χ1) is 14.3. The van der Waals surface area contributed by atoms with Gasteiger partial charge in [0.2, 0.25) is 0 Å². The van der Waals surface area contributed by atoms with Gasteiger partial charge in [0.25, 0.3) is 5.91 Å². The Morgan fingerprint density at radius 1 is 0.900 bits per heavy atom. The van der Waals surface area contributed by atoms with Gasteiger partial charge in [0.05, 0.1) is 11.7 Å². The number of carbonyl (C=O) groups excluding carboxylic acids is 2. The maximum absolute atomic E-state index is 13.1. The Kier molecular flexibility index (Phi) is 4.91. The minimum atomic E-state index is -4.61. The van der Waals surface area contributed by atoms with E-state index in [9.17, 15) is 27.9 Å². The number of alkyl halides is 3. The largest absolute Gasteiger partial charge is 0.416 e. The van der Waals surface area contributed by atoms with Crippen LogP contribution in [0.15, 0.2) is 66.7 Å². The smallest absolute Gasteiger partial charge is 0.387 e. The van der Waals surface area contributed by atoms with Crippen molar-refractivity contribution in [1.82, 2.24) is 5.32 Å². The summed E-state index contributed by atoms with van der Waals surface area (Å²) in [4.78, 5) is 25.1. The highest BCUT2D eigenvalue weighted by Crippen LogP contribution is 2.37. The third kappa shape index (κ3) is 3.48. The first-order valence-electron chi connectivity index (χ1n) is 9.18. The van der Waals surface area contributed by atoms with Crippen LogP contribution in [0, 0.1) is 0 Å². The van der Waals surface area contributed by atoms with Gasteiger partial charge in [0.15, 0.2) is 5.78 Å².